The van der Waals surface area contributed by atoms with Crippen molar-refractivity contribution in [1.82, 2.24) is 19.3 Å². The van der Waals surface area contributed by atoms with Crippen molar-refractivity contribution in [3.05, 3.63) is 51.2 Å². The average molecular weight is 401 g/mol. The van der Waals surface area contributed by atoms with Crippen molar-refractivity contribution in [2.45, 2.75) is 32.9 Å². The summed E-state index contributed by atoms with van der Waals surface area (Å²) in [5.74, 6) is 0.328. The van der Waals surface area contributed by atoms with Crippen molar-refractivity contribution in [2.75, 3.05) is 19.0 Å². The van der Waals surface area contributed by atoms with Gasteiger partial charge in [0.25, 0.3) is 11.5 Å². The molecule has 28 heavy (non-hydrogen) atoms. The van der Waals surface area contributed by atoms with Crippen LogP contribution < -0.4 is 10.9 Å². The molecule has 0 unspecified atom stereocenters. The first-order valence-electron chi connectivity index (χ1n) is 9.03. The van der Waals surface area contributed by atoms with Crippen LogP contribution in [0.2, 0.25) is 0 Å². The molecule has 0 atom stereocenters. The number of anilines is 1. The Labute approximate surface area is 167 Å². The van der Waals surface area contributed by atoms with Crippen LogP contribution >= 0.6 is 12.2 Å². The zero-order chi connectivity index (χ0) is 20.3. The standard InChI is InChI=1S/C19H23N5O3S/c1-12(2)24-16(7-8-20-24)22-17(25)13-5-6-14-15(11-13)21-19(28)23(18(14)26)9-4-10-27-3/h5-8,11-12H,4,9-10H2,1-3H3,(H,21,28)(H,22,25). The maximum absolute atomic E-state index is 12.7. The highest BCUT2D eigenvalue weighted by molar-refractivity contribution is 7.71. The van der Waals surface area contributed by atoms with Gasteiger partial charge in [-0.3, -0.25) is 14.2 Å². The van der Waals surface area contributed by atoms with E-state index in [-0.39, 0.29) is 17.5 Å². The second-order valence-corrected chi connectivity index (χ2v) is 7.09. The first-order valence-corrected chi connectivity index (χ1v) is 9.44. The smallest absolute Gasteiger partial charge is 0.262 e. The second kappa shape index (κ2) is 8.49. The summed E-state index contributed by atoms with van der Waals surface area (Å²) in [5, 5.41) is 7.54. The van der Waals surface area contributed by atoms with Gasteiger partial charge < -0.3 is 15.0 Å². The molecule has 2 aromatic heterocycles. The third kappa shape index (κ3) is 4.05. The van der Waals surface area contributed by atoms with Crippen LogP contribution in [0.3, 0.4) is 0 Å². The quantitative estimate of drug-likeness (QED) is 0.469. The molecule has 0 aliphatic carbocycles. The maximum Gasteiger partial charge on any atom is 0.262 e. The molecule has 0 saturated heterocycles. The van der Waals surface area contributed by atoms with Gasteiger partial charge in [0.15, 0.2) is 4.77 Å². The van der Waals surface area contributed by atoms with E-state index in [9.17, 15) is 9.59 Å². The molecule has 0 fully saturated rings. The van der Waals surface area contributed by atoms with Gasteiger partial charge in [0.2, 0.25) is 0 Å². The topological polar surface area (TPSA) is 93.9 Å². The third-order valence-corrected chi connectivity index (χ3v) is 4.70. The number of carbonyl (C=O) groups excluding carboxylic acids is 1. The van der Waals surface area contributed by atoms with Crippen molar-refractivity contribution >= 4 is 34.8 Å². The third-order valence-electron chi connectivity index (χ3n) is 4.38. The molecule has 0 spiro atoms. The average Bonchev–Trinajstić information content (AvgIpc) is 3.12. The Morgan fingerprint density at radius 2 is 2.14 bits per heavy atom. The van der Waals surface area contributed by atoms with Crippen LogP contribution in [-0.4, -0.2) is 39.0 Å². The minimum atomic E-state index is -0.284. The molecule has 1 amide bonds. The number of hydrogen-bond acceptors (Lipinski definition) is 5. The molecule has 0 bridgehead atoms. The van der Waals surface area contributed by atoms with E-state index in [0.717, 1.165) is 0 Å². The first-order chi connectivity index (χ1) is 13.4. The Kier molecular flexibility index (Phi) is 6.05. The summed E-state index contributed by atoms with van der Waals surface area (Å²) in [6, 6.07) is 6.77. The van der Waals surface area contributed by atoms with Crippen molar-refractivity contribution in [3.8, 4) is 0 Å². The fourth-order valence-corrected chi connectivity index (χ4v) is 3.26. The highest BCUT2D eigenvalue weighted by Crippen LogP contribution is 2.16. The van der Waals surface area contributed by atoms with Gasteiger partial charge in [-0.05, 0) is 50.7 Å². The summed E-state index contributed by atoms with van der Waals surface area (Å²) in [6.07, 6.45) is 2.32. The lowest BCUT2D eigenvalue weighted by Crippen LogP contribution is -2.23. The number of aromatic nitrogens is 4. The van der Waals surface area contributed by atoms with Crippen LogP contribution in [-0.2, 0) is 11.3 Å². The molecule has 2 heterocycles. The second-order valence-electron chi connectivity index (χ2n) is 6.70. The molecule has 0 aliphatic rings. The number of hydrogen-bond donors (Lipinski definition) is 2. The Bertz CT molecular complexity index is 1110. The van der Waals surface area contributed by atoms with E-state index in [1.54, 1.807) is 42.3 Å². The van der Waals surface area contributed by atoms with Crippen LogP contribution in [0.4, 0.5) is 5.82 Å². The summed E-state index contributed by atoms with van der Waals surface area (Å²) in [4.78, 5) is 28.4. The molecule has 3 aromatic rings. The molecule has 148 valence electrons. The Balaban J connectivity index is 1.91. The van der Waals surface area contributed by atoms with Gasteiger partial charge in [-0.25, -0.2) is 4.68 Å². The van der Waals surface area contributed by atoms with Crippen molar-refractivity contribution in [1.29, 1.82) is 0 Å². The Hall–Kier alpha value is -2.78. The number of H-pyrrole nitrogens is 1. The van der Waals surface area contributed by atoms with E-state index >= 15 is 0 Å². The highest BCUT2D eigenvalue weighted by atomic mass is 32.1. The van der Waals surface area contributed by atoms with E-state index in [0.29, 0.717) is 46.6 Å². The van der Waals surface area contributed by atoms with Crippen molar-refractivity contribution in [2.24, 2.45) is 0 Å². The number of benzene rings is 1. The minimum absolute atomic E-state index is 0.120. The molecule has 0 saturated carbocycles. The first kappa shape index (κ1) is 20.0. The number of aromatic amines is 1. The number of rotatable bonds is 7. The van der Waals surface area contributed by atoms with E-state index in [2.05, 4.69) is 15.4 Å². The van der Waals surface area contributed by atoms with Gasteiger partial charge in [0.05, 0.1) is 17.1 Å². The van der Waals surface area contributed by atoms with Crippen molar-refractivity contribution in [3.63, 3.8) is 0 Å². The summed E-state index contributed by atoms with van der Waals surface area (Å²) in [6.45, 7) is 4.98. The number of ether oxygens (including phenoxy) is 1. The zero-order valence-corrected chi connectivity index (χ0v) is 16.9. The van der Waals surface area contributed by atoms with Crippen molar-refractivity contribution < 1.29 is 9.53 Å². The van der Waals surface area contributed by atoms with Crippen LogP contribution in [0.25, 0.3) is 10.9 Å². The van der Waals surface area contributed by atoms with Crippen LogP contribution in [0.15, 0.2) is 35.3 Å². The lowest BCUT2D eigenvalue weighted by atomic mass is 10.1. The molecule has 1 aromatic carbocycles. The van der Waals surface area contributed by atoms with Gasteiger partial charge in [0, 0.05) is 37.9 Å². The summed E-state index contributed by atoms with van der Waals surface area (Å²) >= 11 is 5.32. The monoisotopic (exact) mass is 401 g/mol. The van der Waals surface area contributed by atoms with Gasteiger partial charge in [-0.1, -0.05) is 0 Å². The predicted octanol–water partition coefficient (Wildman–Crippen LogP) is 3.13. The van der Waals surface area contributed by atoms with Gasteiger partial charge in [-0.15, -0.1) is 0 Å². The van der Waals surface area contributed by atoms with Gasteiger partial charge in [-0.2, -0.15) is 5.10 Å². The van der Waals surface area contributed by atoms with Crippen LogP contribution in [0.1, 0.15) is 36.7 Å². The zero-order valence-electron chi connectivity index (χ0n) is 16.1. The van der Waals surface area contributed by atoms with Gasteiger partial charge >= 0.3 is 0 Å². The lowest BCUT2D eigenvalue weighted by molar-refractivity contribution is 0.102. The van der Waals surface area contributed by atoms with E-state index in [1.165, 1.54) is 4.57 Å². The van der Waals surface area contributed by atoms with Crippen LogP contribution in [0.5, 0.6) is 0 Å². The van der Waals surface area contributed by atoms with Gasteiger partial charge in [0.1, 0.15) is 5.82 Å². The summed E-state index contributed by atoms with van der Waals surface area (Å²) in [5.41, 5.74) is 0.772. The summed E-state index contributed by atoms with van der Waals surface area (Å²) in [7, 11) is 1.62. The number of nitrogens with zero attached hydrogens (tertiary/aromatic N) is 3. The normalized spacial score (nSPS) is 11.3. The SMILES string of the molecule is COCCCn1c(=S)[nH]c2cc(C(=O)Nc3ccnn3C(C)C)ccc2c1=O. The maximum atomic E-state index is 12.7. The number of nitrogens with one attached hydrogen (secondary N) is 2. The van der Waals surface area contributed by atoms with E-state index < -0.39 is 0 Å². The van der Waals surface area contributed by atoms with E-state index in [1.807, 2.05) is 13.8 Å². The molecule has 8 nitrogen and oxygen atoms in total. The molecule has 0 radical (unpaired) electrons. The van der Waals surface area contributed by atoms with Crippen LogP contribution in [0, 0.1) is 4.77 Å². The Morgan fingerprint density at radius 1 is 1.36 bits per heavy atom. The fraction of sp³-hybridized carbons (Fsp3) is 0.368. The molecule has 0 aliphatic heterocycles. The lowest BCUT2D eigenvalue weighted by Gasteiger charge is -2.12. The highest BCUT2D eigenvalue weighted by Gasteiger charge is 2.13. The molecule has 3 rings (SSSR count). The number of carbonyl (C=O) groups is 1. The molecule has 2 N–H and O–H groups in total. The largest absolute Gasteiger partial charge is 0.385 e. The number of amides is 1. The Morgan fingerprint density at radius 3 is 2.86 bits per heavy atom. The fourth-order valence-electron chi connectivity index (χ4n) is 2.98. The minimum Gasteiger partial charge on any atom is -0.385 e. The molecular formula is C19H23N5O3S. The molecular weight excluding hydrogens is 378 g/mol. The molecule has 9 heteroatoms. The predicted molar refractivity (Wildman–Crippen MR) is 110 cm³/mol. The van der Waals surface area contributed by atoms with E-state index in [4.69, 9.17) is 17.0 Å². The number of fused-ring (bicyclic) bond motifs is 1. The number of methoxy groups -OCH3 is 1. The summed E-state index contributed by atoms with van der Waals surface area (Å²) < 4.78 is 8.59.